The summed E-state index contributed by atoms with van der Waals surface area (Å²) in [6.45, 7) is 1.77. The number of hydrogen-bond acceptors (Lipinski definition) is 3. The summed E-state index contributed by atoms with van der Waals surface area (Å²) in [6.07, 6.45) is -1.84. The zero-order valence-electron chi connectivity index (χ0n) is 6.92. The fraction of sp³-hybridized carbons (Fsp3) is 0.375. The highest BCUT2D eigenvalue weighted by Crippen LogP contribution is 2.24. The molecular weight excluding hydrogens is 243 g/mol. The second-order valence-electron chi connectivity index (χ2n) is 2.26. The molecule has 3 nitrogen and oxygen atoms in total. The van der Waals surface area contributed by atoms with E-state index in [1.165, 1.54) is 12.1 Å². The summed E-state index contributed by atoms with van der Waals surface area (Å²) in [5.74, 6) is -0.977. The lowest BCUT2D eigenvalue weighted by Gasteiger charge is -2.03. The number of rotatable bonds is 3. The van der Waals surface area contributed by atoms with Gasteiger partial charge in [0.2, 0.25) is 0 Å². The molecule has 0 saturated heterocycles. The van der Waals surface area contributed by atoms with Gasteiger partial charge in [-0.05, 0) is 35.0 Å². The number of halogens is 2. The van der Waals surface area contributed by atoms with Crippen LogP contribution in [-0.4, -0.2) is 12.6 Å². The maximum atomic E-state index is 13.1. The van der Waals surface area contributed by atoms with Crippen molar-refractivity contribution in [1.29, 1.82) is 0 Å². The molecule has 1 unspecified atom stereocenters. The predicted molar refractivity (Wildman–Crippen MR) is 46.9 cm³/mol. The first-order valence-corrected chi connectivity index (χ1v) is 4.50. The number of carbonyl (C=O) groups excluding carboxylic acids is 1. The van der Waals surface area contributed by atoms with Crippen LogP contribution in [0, 0.1) is 0 Å². The molecule has 0 N–H and O–H groups in total. The van der Waals surface area contributed by atoms with Gasteiger partial charge in [-0.25, -0.2) is 9.18 Å². The highest BCUT2D eigenvalue weighted by atomic mass is 79.9. The maximum Gasteiger partial charge on any atom is 0.348 e. The lowest BCUT2D eigenvalue weighted by atomic mass is 10.3. The van der Waals surface area contributed by atoms with Crippen LogP contribution in [0.5, 0.6) is 0 Å². The van der Waals surface area contributed by atoms with E-state index >= 15 is 0 Å². The van der Waals surface area contributed by atoms with Gasteiger partial charge in [0.25, 0.3) is 6.17 Å². The summed E-state index contributed by atoms with van der Waals surface area (Å²) in [5, 5.41) is 0. The van der Waals surface area contributed by atoms with Crippen LogP contribution in [0.3, 0.4) is 0 Å². The van der Waals surface area contributed by atoms with Crippen molar-refractivity contribution >= 4 is 21.9 Å². The number of furan rings is 1. The Hall–Kier alpha value is -0.840. The molecule has 0 aliphatic heterocycles. The minimum atomic E-state index is -1.84. The van der Waals surface area contributed by atoms with Gasteiger partial charge in [0.05, 0.1) is 6.61 Å². The normalized spacial score (nSPS) is 12.5. The van der Waals surface area contributed by atoms with Gasteiger partial charge in [-0.15, -0.1) is 0 Å². The lowest BCUT2D eigenvalue weighted by Crippen LogP contribution is -2.11. The molecule has 0 amide bonds. The summed E-state index contributed by atoms with van der Waals surface area (Å²) in [5.41, 5.74) is 0. The third-order valence-electron chi connectivity index (χ3n) is 1.34. The van der Waals surface area contributed by atoms with E-state index in [1.807, 2.05) is 0 Å². The number of carbonyl (C=O) groups is 1. The molecule has 1 rings (SSSR count). The molecule has 0 saturated carbocycles. The Labute approximate surface area is 83.0 Å². The third kappa shape index (κ3) is 2.55. The molecule has 0 aliphatic carbocycles. The van der Waals surface area contributed by atoms with E-state index in [-0.39, 0.29) is 12.4 Å². The van der Waals surface area contributed by atoms with E-state index < -0.39 is 12.1 Å². The van der Waals surface area contributed by atoms with Crippen LogP contribution in [0.25, 0.3) is 0 Å². The van der Waals surface area contributed by atoms with Crippen LogP contribution in [-0.2, 0) is 9.53 Å². The Balaban J connectivity index is 2.67. The average molecular weight is 251 g/mol. The Morgan fingerprint density at radius 2 is 2.46 bits per heavy atom. The Morgan fingerprint density at radius 3 is 2.92 bits per heavy atom. The topological polar surface area (TPSA) is 39.4 Å². The minimum absolute atomic E-state index is 0.0506. The van der Waals surface area contributed by atoms with Crippen molar-refractivity contribution in [1.82, 2.24) is 0 Å². The van der Waals surface area contributed by atoms with Crippen LogP contribution >= 0.6 is 15.9 Å². The van der Waals surface area contributed by atoms with Gasteiger partial charge >= 0.3 is 5.97 Å². The maximum absolute atomic E-state index is 13.1. The van der Waals surface area contributed by atoms with Crippen molar-refractivity contribution in [2.75, 3.05) is 6.61 Å². The van der Waals surface area contributed by atoms with Crippen LogP contribution < -0.4 is 0 Å². The van der Waals surface area contributed by atoms with Gasteiger partial charge in [-0.1, -0.05) is 0 Å². The molecule has 1 heterocycles. The van der Waals surface area contributed by atoms with Crippen molar-refractivity contribution in [2.45, 2.75) is 13.1 Å². The molecule has 1 atom stereocenters. The van der Waals surface area contributed by atoms with Crippen LogP contribution in [0.1, 0.15) is 18.9 Å². The van der Waals surface area contributed by atoms with Gasteiger partial charge in [-0.2, -0.15) is 0 Å². The molecule has 0 bridgehead atoms. The molecular formula is C8H8BrFO3. The first kappa shape index (κ1) is 10.2. The molecule has 72 valence electrons. The first-order valence-electron chi connectivity index (χ1n) is 3.71. The van der Waals surface area contributed by atoms with Crippen molar-refractivity contribution in [3.05, 3.63) is 22.6 Å². The van der Waals surface area contributed by atoms with Crippen LogP contribution in [0.2, 0.25) is 0 Å². The Morgan fingerprint density at radius 1 is 1.77 bits per heavy atom. The van der Waals surface area contributed by atoms with Gasteiger partial charge in [0, 0.05) is 0 Å². The zero-order valence-corrected chi connectivity index (χ0v) is 8.51. The monoisotopic (exact) mass is 250 g/mol. The molecule has 0 radical (unpaired) electrons. The van der Waals surface area contributed by atoms with Gasteiger partial charge in [-0.3, -0.25) is 0 Å². The molecule has 0 spiro atoms. The second-order valence-corrected chi connectivity index (χ2v) is 3.04. The Bertz CT molecular complexity index is 297. The van der Waals surface area contributed by atoms with Gasteiger partial charge in [0.15, 0.2) is 10.4 Å². The first-order chi connectivity index (χ1) is 6.15. The molecule has 13 heavy (non-hydrogen) atoms. The Kier molecular flexibility index (Phi) is 3.48. The van der Waals surface area contributed by atoms with Crippen molar-refractivity contribution in [3.63, 3.8) is 0 Å². The summed E-state index contributed by atoms with van der Waals surface area (Å²) in [7, 11) is 0. The standard InChI is InChI=1S/C8H8BrFO3/c1-2-12-8(11)7(10)5-3-4-6(9)13-5/h3-4,7H,2H2,1H3. The molecule has 0 aliphatic rings. The smallest absolute Gasteiger partial charge is 0.348 e. The second kappa shape index (κ2) is 4.41. The average Bonchev–Trinajstić information content (AvgIpc) is 2.51. The van der Waals surface area contributed by atoms with Crippen molar-refractivity contribution < 1.29 is 18.3 Å². The number of esters is 1. The van der Waals surface area contributed by atoms with E-state index in [9.17, 15) is 9.18 Å². The fourth-order valence-electron chi connectivity index (χ4n) is 0.796. The summed E-state index contributed by atoms with van der Waals surface area (Å²) in [4.78, 5) is 10.9. The lowest BCUT2D eigenvalue weighted by molar-refractivity contribution is -0.150. The summed E-state index contributed by atoms with van der Waals surface area (Å²) < 4.78 is 22.9. The molecule has 1 aromatic heterocycles. The molecule has 5 heteroatoms. The SMILES string of the molecule is CCOC(=O)C(F)c1ccc(Br)o1. The highest BCUT2D eigenvalue weighted by Gasteiger charge is 2.24. The van der Waals surface area contributed by atoms with Crippen LogP contribution in [0.15, 0.2) is 21.2 Å². The number of hydrogen-bond donors (Lipinski definition) is 0. The molecule has 0 aromatic carbocycles. The van der Waals surface area contributed by atoms with Crippen molar-refractivity contribution in [2.24, 2.45) is 0 Å². The molecule has 1 aromatic rings. The van der Waals surface area contributed by atoms with E-state index in [1.54, 1.807) is 6.92 Å². The quantitative estimate of drug-likeness (QED) is 0.775. The summed E-state index contributed by atoms with van der Waals surface area (Å²) in [6, 6.07) is 2.90. The van der Waals surface area contributed by atoms with Gasteiger partial charge in [0.1, 0.15) is 0 Å². The third-order valence-corrected chi connectivity index (χ3v) is 1.76. The number of alkyl halides is 1. The van der Waals surface area contributed by atoms with E-state index in [0.29, 0.717) is 4.67 Å². The van der Waals surface area contributed by atoms with Gasteiger partial charge < -0.3 is 9.15 Å². The summed E-state index contributed by atoms with van der Waals surface area (Å²) >= 11 is 3.00. The van der Waals surface area contributed by atoms with E-state index in [0.717, 1.165) is 0 Å². The van der Waals surface area contributed by atoms with E-state index in [2.05, 4.69) is 20.7 Å². The highest BCUT2D eigenvalue weighted by molar-refractivity contribution is 9.10. The zero-order chi connectivity index (χ0) is 9.84. The predicted octanol–water partition coefficient (Wildman–Crippen LogP) is 2.62. The van der Waals surface area contributed by atoms with Crippen LogP contribution in [0.4, 0.5) is 4.39 Å². The minimum Gasteiger partial charge on any atom is -0.463 e. The van der Waals surface area contributed by atoms with E-state index in [4.69, 9.17) is 4.42 Å². The fourth-order valence-corrected chi connectivity index (χ4v) is 1.12. The molecule has 0 fully saturated rings. The van der Waals surface area contributed by atoms with Crippen molar-refractivity contribution in [3.8, 4) is 0 Å². The number of ether oxygens (including phenoxy) is 1. The largest absolute Gasteiger partial charge is 0.463 e.